The fraction of sp³-hybridized carbons (Fsp3) is 0.333. The molecular weight excluding hydrogens is 466 g/mol. The second-order valence-corrected chi connectivity index (χ2v) is 9.90. The van der Waals surface area contributed by atoms with E-state index < -0.39 is 28.3 Å². The van der Waals surface area contributed by atoms with E-state index in [-0.39, 0.29) is 33.6 Å². The van der Waals surface area contributed by atoms with Gasteiger partial charge < -0.3 is 9.26 Å². The fourth-order valence-corrected chi connectivity index (χ4v) is 4.49. The number of hydrogen-bond donors (Lipinski definition) is 1. The first-order valence-corrected chi connectivity index (χ1v) is 11.3. The summed E-state index contributed by atoms with van der Waals surface area (Å²) in [6.07, 6.45) is -8.62. The number of aromatic nitrogens is 2. The lowest BCUT2D eigenvalue weighted by Crippen LogP contribution is -2.33. The molecule has 1 aliphatic carbocycles. The molecule has 0 bridgehead atoms. The Bertz CT molecular complexity index is 1280. The zero-order valence-electron chi connectivity index (χ0n) is 17.4. The van der Waals surface area contributed by atoms with Gasteiger partial charge in [0, 0.05) is 17.4 Å². The molecule has 0 amide bonds. The van der Waals surface area contributed by atoms with Crippen molar-refractivity contribution in [3.63, 3.8) is 0 Å². The van der Waals surface area contributed by atoms with E-state index in [2.05, 4.69) is 14.9 Å². The summed E-state index contributed by atoms with van der Waals surface area (Å²) in [5.41, 5.74) is 0.825. The number of hydrogen-bond acceptors (Lipinski definition) is 6. The van der Waals surface area contributed by atoms with Gasteiger partial charge in [0.15, 0.2) is 5.82 Å². The fourth-order valence-electron chi connectivity index (χ4n) is 3.98. The van der Waals surface area contributed by atoms with Gasteiger partial charge in [0.1, 0.15) is 5.75 Å². The van der Waals surface area contributed by atoms with Crippen LogP contribution in [0.4, 0.5) is 17.6 Å². The van der Waals surface area contributed by atoms with Gasteiger partial charge in [-0.1, -0.05) is 37.2 Å². The predicted octanol–water partition coefficient (Wildman–Crippen LogP) is 4.53. The van der Waals surface area contributed by atoms with Gasteiger partial charge in [-0.3, -0.25) is 0 Å². The first-order valence-electron chi connectivity index (χ1n) is 9.72. The van der Waals surface area contributed by atoms with E-state index in [1.807, 2.05) is 13.8 Å². The van der Waals surface area contributed by atoms with E-state index in [9.17, 15) is 26.0 Å². The zero-order chi connectivity index (χ0) is 24.2. The highest BCUT2D eigenvalue weighted by Gasteiger charge is 2.61. The highest BCUT2D eigenvalue weighted by atomic mass is 32.2. The minimum atomic E-state index is -4.64. The molecule has 0 aliphatic heterocycles. The normalized spacial score (nSPS) is 20.1. The summed E-state index contributed by atoms with van der Waals surface area (Å²) >= 11 is 0. The zero-order valence-corrected chi connectivity index (χ0v) is 18.2. The molecular formula is C21H19F4N3O4S. The molecule has 4 rings (SSSR count). The number of halogens is 4. The number of rotatable bonds is 7. The Morgan fingerprint density at radius 1 is 1.12 bits per heavy atom. The van der Waals surface area contributed by atoms with Crippen LogP contribution in [0.5, 0.6) is 5.75 Å². The molecule has 1 aliphatic rings. The minimum Gasteiger partial charge on any atom is -0.428 e. The van der Waals surface area contributed by atoms with Gasteiger partial charge in [0.25, 0.3) is 5.89 Å². The molecule has 1 aromatic heterocycles. The lowest BCUT2D eigenvalue weighted by atomic mass is 10.0. The van der Waals surface area contributed by atoms with Crippen LogP contribution in [0.2, 0.25) is 0 Å². The maximum absolute atomic E-state index is 13.2. The van der Waals surface area contributed by atoms with Crippen LogP contribution in [-0.4, -0.2) is 31.1 Å². The maximum Gasteiger partial charge on any atom is 0.461 e. The third-order valence-electron chi connectivity index (χ3n) is 5.70. The first kappa shape index (κ1) is 23.2. The lowest BCUT2D eigenvalue weighted by Gasteiger charge is -2.16. The lowest BCUT2D eigenvalue weighted by molar-refractivity contribution is -0.253. The van der Waals surface area contributed by atoms with Crippen molar-refractivity contribution < 1.29 is 35.2 Å². The molecule has 33 heavy (non-hydrogen) atoms. The maximum atomic E-state index is 13.2. The topological polar surface area (TPSA) is 108 Å². The second kappa shape index (κ2) is 7.80. The van der Waals surface area contributed by atoms with Crippen LogP contribution in [0.3, 0.4) is 0 Å². The van der Waals surface area contributed by atoms with E-state index in [4.69, 9.17) is 9.66 Å². The average Bonchev–Trinajstić information content (AvgIpc) is 3.06. The van der Waals surface area contributed by atoms with Crippen molar-refractivity contribution in [2.45, 2.75) is 43.1 Å². The quantitative estimate of drug-likeness (QED) is 0.493. The molecule has 176 valence electrons. The van der Waals surface area contributed by atoms with Crippen LogP contribution in [0.15, 0.2) is 57.9 Å². The van der Waals surface area contributed by atoms with Crippen LogP contribution >= 0.6 is 0 Å². The molecule has 1 saturated carbocycles. The summed E-state index contributed by atoms with van der Waals surface area (Å²) in [7, 11) is -3.80. The highest BCUT2D eigenvalue weighted by molar-refractivity contribution is 7.89. The molecule has 2 N–H and O–H groups in total. The van der Waals surface area contributed by atoms with E-state index in [0.717, 1.165) is 17.7 Å². The van der Waals surface area contributed by atoms with Crippen molar-refractivity contribution in [2.75, 3.05) is 0 Å². The van der Waals surface area contributed by atoms with Crippen molar-refractivity contribution in [1.82, 2.24) is 10.1 Å². The third-order valence-corrected chi connectivity index (χ3v) is 6.63. The molecule has 0 unspecified atom stereocenters. The molecule has 1 heterocycles. The smallest absolute Gasteiger partial charge is 0.428 e. The van der Waals surface area contributed by atoms with Crippen LogP contribution in [0, 0.1) is 5.41 Å². The predicted molar refractivity (Wildman–Crippen MR) is 108 cm³/mol. The summed E-state index contributed by atoms with van der Waals surface area (Å²) in [5.74, 6) is -0.270. The summed E-state index contributed by atoms with van der Waals surface area (Å²) in [6.45, 7) is 3.99. The standard InChI is InChI=1S/C21H19F4N3O4S/c1-20(2)15(11-6-8-14(9-7-11)33(26,29)30)16(20)17-27-18(32-28-17)12-4-3-5-13(10-12)31-21(24,25)19(22)23/h3-10,15-16,19H,1-2H3,(H2,26,29,30)/t15-,16+/m0/s1. The van der Waals surface area contributed by atoms with E-state index in [1.54, 1.807) is 12.1 Å². The van der Waals surface area contributed by atoms with Gasteiger partial charge in [-0.15, -0.1) is 0 Å². The molecule has 7 nitrogen and oxygen atoms in total. The summed E-state index contributed by atoms with van der Waals surface area (Å²) < 4.78 is 83.5. The Labute approximate surface area is 186 Å². The second-order valence-electron chi connectivity index (χ2n) is 8.34. The molecule has 12 heteroatoms. The van der Waals surface area contributed by atoms with Crippen LogP contribution in [0.25, 0.3) is 11.5 Å². The Morgan fingerprint density at radius 3 is 2.39 bits per heavy atom. The number of ether oxygens (including phenoxy) is 1. The monoisotopic (exact) mass is 485 g/mol. The number of alkyl halides is 4. The Morgan fingerprint density at radius 2 is 1.79 bits per heavy atom. The Kier molecular flexibility index (Phi) is 5.48. The van der Waals surface area contributed by atoms with Crippen molar-refractivity contribution in [3.05, 3.63) is 59.9 Å². The summed E-state index contributed by atoms with van der Waals surface area (Å²) in [4.78, 5) is 4.36. The molecule has 2 aromatic carbocycles. The van der Waals surface area contributed by atoms with Crippen LogP contribution in [-0.2, 0) is 10.0 Å². The van der Waals surface area contributed by atoms with E-state index in [1.165, 1.54) is 24.3 Å². The molecule has 0 spiro atoms. The molecule has 0 saturated heterocycles. The van der Waals surface area contributed by atoms with E-state index in [0.29, 0.717) is 5.82 Å². The molecule has 1 fully saturated rings. The largest absolute Gasteiger partial charge is 0.461 e. The van der Waals surface area contributed by atoms with Crippen molar-refractivity contribution in [2.24, 2.45) is 10.6 Å². The molecule has 0 radical (unpaired) electrons. The summed E-state index contributed by atoms with van der Waals surface area (Å²) in [6, 6.07) is 11.3. The van der Waals surface area contributed by atoms with Crippen molar-refractivity contribution >= 4 is 10.0 Å². The van der Waals surface area contributed by atoms with E-state index >= 15 is 0 Å². The van der Waals surface area contributed by atoms with Crippen LogP contribution < -0.4 is 9.88 Å². The Balaban J connectivity index is 1.56. The van der Waals surface area contributed by atoms with Gasteiger partial charge >= 0.3 is 12.5 Å². The van der Waals surface area contributed by atoms with Gasteiger partial charge in [-0.25, -0.2) is 13.6 Å². The van der Waals surface area contributed by atoms with Gasteiger partial charge in [0.05, 0.1) is 4.90 Å². The average molecular weight is 485 g/mol. The van der Waals surface area contributed by atoms with Gasteiger partial charge in [0.2, 0.25) is 10.0 Å². The third kappa shape index (κ3) is 4.44. The highest BCUT2D eigenvalue weighted by Crippen LogP contribution is 2.69. The number of benzene rings is 2. The molecule has 2 atom stereocenters. The van der Waals surface area contributed by atoms with Crippen molar-refractivity contribution in [1.29, 1.82) is 0 Å². The first-order chi connectivity index (χ1) is 15.3. The van der Waals surface area contributed by atoms with Gasteiger partial charge in [-0.05, 0) is 41.3 Å². The minimum absolute atomic E-state index is 0.00243. The number of primary sulfonamides is 1. The SMILES string of the molecule is CC1(C)[C@@H](c2ccc(S(N)(=O)=O)cc2)[C@@H]1c1noc(-c2cccc(OC(F)(F)C(F)F)c2)n1. The van der Waals surface area contributed by atoms with Gasteiger partial charge in [-0.2, -0.15) is 22.5 Å². The number of nitrogens with zero attached hydrogens (tertiary/aromatic N) is 2. The number of nitrogens with two attached hydrogens (primary N) is 1. The van der Waals surface area contributed by atoms with Crippen molar-refractivity contribution in [3.8, 4) is 17.2 Å². The Hall–Kier alpha value is -2.99. The molecule has 3 aromatic rings. The van der Waals surface area contributed by atoms with Crippen LogP contribution in [0.1, 0.15) is 37.1 Å². The number of sulfonamides is 1. The summed E-state index contributed by atoms with van der Waals surface area (Å²) in [5, 5.41) is 9.14.